The quantitative estimate of drug-likeness (QED) is 0.755. The van der Waals surface area contributed by atoms with Gasteiger partial charge in [0.1, 0.15) is 5.52 Å². The van der Waals surface area contributed by atoms with Gasteiger partial charge in [0.25, 0.3) is 5.91 Å². The SMILES string of the molecule is O=C(N[C@@H]1CCOC[C@H]1O)c1cn(C(=O)O)c2c(Cl)ccnc12. The lowest BCUT2D eigenvalue weighted by Crippen LogP contribution is -2.48. The normalized spacial score (nSPS) is 21.3. The molecule has 9 heteroatoms. The summed E-state index contributed by atoms with van der Waals surface area (Å²) in [6.45, 7) is 0.578. The number of nitrogens with zero attached hydrogens (tertiary/aromatic N) is 2. The van der Waals surface area contributed by atoms with Crippen LogP contribution >= 0.6 is 11.6 Å². The number of carbonyl (C=O) groups is 2. The van der Waals surface area contributed by atoms with Crippen LogP contribution < -0.4 is 5.32 Å². The van der Waals surface area contributed by atoms with Crippen LogP contribution in [0.25, 0.3) is 11.0 Å². The van der Waals surface area contributed by atoms with Crippen molar-refractivity contribution in [2.24, 2.45) is 0 Å². The van der Waals surface area contributed by atoms with E-state index in [2.05, 4.69) is 10.3 Å². The van der Waals surface area contributed by atoms with Crippen LogP contribution in [0.5, 0.6) is 0 Å². The zero-order valence-electron chi connectivity index (χ0n) is 11.9. The van der Waals surface area contributed by atoms with Crippen LogP contribution in [0.3, 0.4) is 0 Å². The molecule has 0 aliphatic carbocycles. The molecule has 0 aromatic carbocycles. The minimum atomic E-state index is -1.27. The molecule has 23 heavy (non-hydrogen) atoms. The molecule has 2 aromatic heterocycles. The van der Waals surface area contributed by atoms with Gasteiger partial charge >= 0.3 is 6.09 Å². The number of aromatic nitrogens is 2. The summed E-state index contributed by atoms with van der Waals surface area (Å²) in [4.78, 5) is 27.9. The van der Waals surface area contributed by atoms with Gasteiger partial charge in [-0.25, -0.2) is 9.36 Å². The molecule has 8 nitrogen and oxygen atoms in total. The van der Waals surface area contributed by atoms with Crippen LogP contribution in [0.15, 0.2) is 18.5 Å². The van der Waals surface area contributed by atoms with Gasteiger partial charge in [-0.3, -0.25) is 9.78 Å². The van der Waals surface area contributed by atoms with Crippen LogP contribution in [0.2, 0.25) is 5.02 Å². The summed E-state index contributed by atoms with van der Waals surface area (Å²) in [6, 6.07) is 0.992. The number of halogens is 1. The lowest BCUT2D eigenvalue weighted by Gasteiger charge is -2.28. The van der Waals surface area contributed by atoms with Crippen molar-refractivity contribution < 1.29 is 24.5 Å². The predicted octanol–water partition coefficient (Wildman–Crippen LogP) is 1.10. The van der Waals surface area contributed by atoms with Crippen LogP contribution in [-0.2, 0) is 4.74 Å². The Morgan fingerprint density at radius 1 is 1.48 bits per heavy atom. The van der Waals surface area contributed by atoms with E-state index in [1.165, 1.54) is 18.5 Å². The fourth-order valence-electron chi connectivity index (χ4n) is 2.57. The third kappa shape index (κ3) is 2.88. The zero-order valence-corrected chi connectivity index (χ0v) is 12.7. The minimum absolute atomic E-state index is 0.0867. The number of amides is 1. The van der Waals surface area contributed by atoms with Crippen LogP contribution in [0.1, 0.15) is 16.8 Å². The summed E-state index contributed by atoms with van der Waals surface area (Å²) < 4.78 is 5.97. The van der Waals surface area contributed by atoms with Gasteiger partial charge in [-0.15, -0.1) is 0 Å². The zero-order chi connectivity index (χ0) is 16.6. The minimum Gasteiger partial charge on any atom is -0.464 e. The second kappa shape index (κ2) is 6.15. The fraction of sp³-hybridized carbons (Fsp3) is 0.357. The summed E-state index contributed by atoms with van der Waals surface area (Å²) in [5, 5.41) is 22.0. The largest absolute Gasteiger partial charge is 0.464 e. The highest BCUT2D eigenvalue weighted by Gasteiger charge is 2.28. The standard InChI is InChI=1S/C14H14ClN3O5/c15-8-1-3-16-11-7(5-18(12(8)11)14(21)22)13(20)17-9-2-4-23-6-10(9)19/h1,3,5,9-10,19H,2,4,6H2,(H,17,20)(H,21,22)/t9-,10-/m1/s1. The molecule has 1 aliphatic heterocycles. The molecule has 1 amide bonds. The lowest BCUT2D eigenvalue weighted by molar-refractivity contribution is -0.0260. The molecule has 2 aromatic rings. The third-order valence-electron chi connectivity index (χ3n) is 3.72. The molecule has 2 atom stereocenters. The summed E-state index contributed by atoms with van der Waals surface area (Å²) in [5.74, 6) is -0.518. The van der Waals surface area contributed by atoms with Crippen molar-refractivity contribution in [2.75, 3.05) is 13.2 Å². The van der Waals surface area contributed by atoms with Gasteiger partial charge in [-0.05, 0) is 12.5 Å². The molecule has 3 rings (SSSR count). The molecule has 0 radical (unpaired) electrons. The van der Waals surface area contributed by atoms with E-state index >= 15 is 0 Å². The number of fused-ring (bicyclic) bond motifs is 1. The number of aliphatic hydroxyl groups is 1. The Bertz CT molecular complexity index is 775. The number of aliphatic hydroxyl groups excluding tert-OH is 1. The van der Waals surface area contributed by atoms with Crippen molar-refractivity contribution in [3.05, 3.63) is 29.0 Å². The van der Waals surface area contributed by atoms with E-state index in [9.17, 15) is 19.8 Å². The molecule has 1 aliphatic rings. The van der Waals surface area contributed by atoms with E-state index in [1.54, 1.807) is 0 Å². The highest BCUT2D eigenvalue weighted by atomic mass is 35.5. The van der Waals surface area contributed by atoms with Crippen molar-refractivity contribution in [2.45, 2.75) is 18.6 Å². The van der Waals surface area contributed by atoms with Crippen molar-refractivity contribution in [3.8, 4) is 0 Å². The van der Waals surface area contributed by atoms with E-state index < -0.39 is 24.1 Å². The van der Waals surface area contributed by atoms with E-state index in [4.69, 9.17) is 16.3 Å². The van der Waals surface area contributed by atoms with Crippen molar-refractivity contribution in [1.29, 1.82) is 0 Å². The second-order valence-electron chi connectivity index (χ2n) is 5.20. The maximum absolute atomic E-state index is 12.5. The predicted molar refractivity (Wildman–Crippen MR) is 80.9 cm³/mol. The van der Waals surface area contributed by atoms with E-state index in [0.717, 1.165) is 4.57 Å². The smallest absolute Gasteiger partial charge is 0.416 e. The van der Waals surface area contributed by atoms with Gasteiger partial charge in [0.2, 0.25) is 0 Å². The van der Waals surface area contributed by atoms with Gasteiger partial charge in [-0.2, -0.15) is 0 Å². The molecule has 0 spiro atoms. The second-order valence-corrected chi connectivity index (χ2v) is 5.60. The summed E-state index contributed by atoms with van der Waals surface area (Å²) in [7, 11) is 0. The Balaban J connectivity index is 1.97. The first-order chi connectivity index (χ1) is 11.0. The molecule has 1 saturated heterocycles. The Morgan fingerprint density at radius 2 is 2.26 bits per heavy atom. The highest BCUT2D eigenvalue weighted by molar-refractivity contribution is 6.35. The Morgan fingerprint density at radius 3 is 2.96 bits per heavy atom. The average molecular weight is 340 g/mol. The Hall–Kier alpha value is -2.16. The van der Waals surface area contributed by atoms with Gasteiger partial charge in [-0.1, -0.05) is 11.6 Å². The van der Waals surface area contributed by atoms with Crippen LogP contribution in [-0.4, -0.2) is 57.1 Å². The van der Waals surface area contributed by atoms with Crippen LogP contribution in [0.4, 0.5) is 4.79 Å². The number of rotatable bonds is 2. The van der Waals surface area contributed by atoms with E-state index in [0.29, 0.717) is 13.0 Å². The van der Waals surface area contributed by atoms with Crippen molar-refractivity contribution in [1.82, 2.24) is 14.9 Å². The number of nitrogens with one attached hydrogen (secondary N) is 1. The fourth-order valence-corrected chi connectivity index (χ4v) is 2.80. The molecule has 0 saturated carbocycles. The number of carboxylic acid groups (broad SMARTS) is 1. The lowest BCUT2D eigenvalue weighted by atomic mass is 10.1. The molecular weight excluding hydrogens is 326 g/mol. The summed E-state index contributed by atoms with van der Waals surface area (Å²) in [5.41, 5.74) is 0.432. The first kappa shape index (κ1) is 15.7. The highest BCUT2D eigenvalue weighted by Crippen LogP contribution is 2.26. The van der Waals surface area contributed by atoms with Gasteiger partial charge in [0, 0.05) is 19.0 Å². The topological polar surface area (TPSA) is 114 Å². The molecule has 3 heterocycles. The third-order valence-corrected chi connectivity index (χ3v) is 4.03. The number of pyridine rings is 1. The van der Waals surface area contributed by atoms with Gasteiger partial charge < -0.3 is 20.3 Å². The summed E-state index contributed by atoms with van der Waals surface area (Å²) >= 11 is 6.03. The first-order valence-corrected chi connectivity index (χ1v) is 7.32. The molecular formula is C14H14ClN3O5. The Kier molecular flexibility index (Phi) is 4.20. The number of hydrogen-bond donors (Lipinski definition) is 3. The monoisotopic (exact) mass is 339 g/mol. The van der Waals surface area contributed by atoms with E-state index in [1.807, 2.05) is 0 Å². The summed E-state index contributed by atoms with van der Waals surface area (Å²) in [6.07, 6.45) is 0.967. The molecule has 1 fully saturated rings. The molecule has 122 valence electrons. The maximum Gasteiger partial charge on any atom is 0.416 e. The number of carbonyl (C=O) groups excluding carboxylic acids is 1. The van der Waals surface area contributed by atoms with Gasteiger partial charge in [0.05, 0.1) is 34.9 Å². The van der Waals surface area contributed by atoms with E-state index in [-0.39, 0.29) is 28.2 Å². The first-order valence-electron chi connectivity index (χ1n) is 6.94. The van der Waals surface area contributed by atoms with Crippen LogP contribution in [0, 0.1) is 0 Å². The number of hydrogen-bond acceptors (Lipinski definition) is 5. The van der Waals surface area contributed by atoms with Gasteiger partial charge in [0.15, 0.2) is 0 Å². The van der Waals surface area contributed by atoms with Crippen molar-refractivity contribution in [3.63, 3.8) is 0 Å². The number of ether oxygens (including phenoxy) is 1. The molecule has 3 N–H and O–H groups in total. The molecule has 0 bridgehead atoms. The molecule has 0 unspecified atom stereocenters. The average Bonchev–Trinajstić information content (AvgIpc) is 2.91. The Labute approximate surface area is 135 Å². The van der Waals surface area contributed by atoms with Crippen molar-refractivity contribution >= 4 is 34.6 Å². The maximum atomic E-state index is 12.5.